The zero-order chi connectivity index (χ0) is 17.7. The van der Waals surface area contributed by atoms with E-state index in [9.17, 15) is 14.7 Å². The fraction of sp³-hybridized carbons (Fsp3) is 0.263. The van der Waals surface area contributed by atoms with Crippen LogP contribution in [-0.2, 0) is 10.5 Å². The number of thioether (sulfide) groups is 1. The molecular weight excluding hydrogens is 322 g/mol. The smallest absolute Gasteiger partial charge is 0.336 e. The van der Waals surface area contributed by atoms with Crippen LogP contribution in [0.15, 0.2) is 42.5 Å². The summed E-state index contributed by atoms with van der Waals surface area (Å²) in [6.45, 7) is 5.46. The number of benzene rings is 2. The minimum atomic E-state index is -0.991. The monoisotopic (exact) mass is 343 g/mol. The molecule has 0 aliphatic carbocycles. The van der Waals surface area contributed by atoms with Crippen molar-refractivity contribution in [2.45, 2.75) is 31.8 Å². The Morgan fingerprint density at radius 2 is 1.79 bits per heavy atom. The zero-order valence-electron chi connectivity index (χ0n) is 14.0. The molecule has 1 unspecified atom stereocenters. The van der Waals surface area contributed by atoms with E-state index in [4.69, 9.17) is 0 Å². The van der Waals surface area contributed by atoms with Crippen molar-refractivity contribution in [2.75, 3.05) is 5.32 Å². The second-order valence-corrected chi connectivity index (χ2v) is 7.04. The van der Waals surface area contributed by atoms with Gasteiger partial charge in [0.1, 0.15) is 0 Å². The van der Waals surface area contributed by atoms with Gasteiger partial charge in [0, 0.05) is 11.4 Å². The summed E-state index contributed by atoms with van der Waals surface area (Å²) in [4.78, 5) is 23.6. The molecule has 0 saturated carbocycles. The molecule has 0 aromatic heterocycles. The number of hydrogen-bond donors (Lipinski definition) is 2. The minimum Gasteiger partial charge on any atom is -0.478 e. The van der Waals surface area contributed by atoms with Gasteiger partial charge in [0.05, 0.1) is 10.8 Å². The molecule has 126 valence electrons. The maximum atomic E-state index is 12.4. The maximum absolute atomic E-state index is 12.4. The molecule has 4 nitrogen and oxygen atoms in total. The van der Waals surface area contributed by atoms with Gasteiger partial charge in [0.2, 0.25) is 5.91 Å². The number of rotatable bonds is 6. The summed E-state index contributed by atoms with van der Waals surface area (Å²) < 4.78 is 0. The van der Waals surface area contributed by atoms with Gasteiger partial charge in [-0.1, -0.05) is 36.4 Å². The summed E-state index contributed by atoms with van der Waals surface area (Å²) in [5.74, 6) is -0.364. The normalized spacial score (nSPS) is 11.8. The Labute approximate surface area is 146 Å². The summed E-state index contributed by atoms with van der Waals surface area (Å²) >= 11 is 1.55. The van der Waals surface area contributed by atoms with Crippen LogP contribution in [0.1, 0.15) is 34.0 Å². The lowest BCUT2D eigenvalue weighted by molar-refractivity contribution is -0.115. The first-order valence-corrected chi connectivity index (χ1v) is 8.74. The number of nitrogens with one attached hydrogen (secondary N) is 1. The molecule has 0 fully saturated rings. The van der Waals surface area contributed by atoms with E-state index in [-0.39, 0.29) is 16.7 Å². The van der Waals surface area contributed by atoms with E-state index < -0.39 is 5.97 Å². The molecule has 0 saturated heterocycles. The topological polar surface area (TPSA) is 66.4 Å². The molecule has 2 aromatic carbocycles. The minimum absolute atomic E-state index is 0.126. The van der Waals surface area contributed by atoms with E-state index >= 15 is 0 Å². The van der Waals surface area contributed by atoms with Crippen LogP contribution in [0, 0.1) is 13.8 Å². The molecule has 0 radical (unpaired) electrons. The van der Waals surface area contributed by atoms with E-state index in [1.54, 1.807) is 24.8 Å². The molecular formula is C19H21NO3S. The van der Waals surface area contributed by atoms with Gasteiger partial charge in [0.25, 0.3) is 0 Å². The number of carboxylic acids is 1. The Morgan fingerprint density at radius 3 is 2.42 bits per heavy atom. The van der Waals surface area contributed by atoms with E-state index in [1.807, 2.05) is 44.2 Å². The predicted octanol–water partition coefficient (Wildman–Crippen LogP) is 4.26. The number of hydrogen-bond acceptors (Lipinski definition) is 3. The van der Waals surface area contributed by atoms with Gasteiger partial charge in [-0.25, -0.2) is 4.79 Å². The van der Waals surface area contributed by atoms with E-state index in [0.29, 0.717) is 11.3 Å². The fourth-order valence-electron chi connectivity index (χ4n) is 2.32. The van der Waals surface area contributed by atoms with Gasteiger partial charge in [0.15, 0.2) is 0 Å². The van der Waals surface area contributed by atoms with E-state index in [0.717, 1.165) is 11.3 Å². The highest BCUT2D eigenvalue weighted by Gasteiger charge is 2.17. The Bertz CT molecular complexity index is 744. The molecule has 0 heterocycles. The van der Waals surface area contributed by atoms with Gasteiger partial charge in [-0.3, -0.25) is 4.79 Å². The molecule has 0 aliphatic heterocycles. The highest BCUT2D eigenvalue weighted by molar-refractivity contribution is 7.99. The van der Waals surface area contributed by atoms with Crippen molar-refractivity contribution in [1.29, 1.82) is 0 Å². The maximum Gasteiger partial charge on any atom is 0.336 e. The lowest BCUT2D eigenvalue weighted by Gasteiger charge is -2.15. The molecule has 0 aliphatic rings. The summed E-state index contributed by atoms with van der Waals surface area (Å²) in [7, 11) is 0. The number of carbonyl (C=O) groups is 2. The fourth-order valence-corrected chi connectivity index (χ4v) is 3.17. The van der Waals surface area contributed by atoms with Crippen LogP contribution in [0.4, 0.5) is 5.69 Å². The first-order valence-electron chi connectivity index (χ1n) is 7.69. The average Bonchev–Trinajstić information content (AvgIpc) is 2.55. The number of amides is 1. The lowest BCUT2D eigenvalue weighted by Crippen LogP contribution is -2.23. The third kappa shape index (κ3) is 4.61. The van der Waals surface area contributed by atoms with Crippen molar-refractivity contribution in [3.8, 4) is 0 Å². The van der Waals surface area contributed by atoms with Crippen molar-refractivity contribution in [2.24, 2.45) is 0 Å². The molecule has 0 bridgehead atoms. The van der Waals surface area contributed by atoms with E-state index in [2.05, 4.69) is 5.32 Å². The molecule has 5 heteroatoms. The highest BCUT2D eigenvalue weighted by atomic mass is 32.2. The van der Waals surface area contributed by atoms with Crippen LogP contribution in [0.3, 0.4) is 0 Å². The second-order valence-electron chi connectivity index (χ2n) is 5.72. The van der Waals surface area contributed by atoms with Gasteiger partial charge in [-0.15, -0.1) is 11.8 Å². The Kier molecular flexibility index (Phi) is 6.04. The van der Waals surface area contributed by atoms with Crippen molar-refractivity contribution in [3.63, 3.8) is 0 Å². The molecule has 0 spiro atoms. The van der Waals surface area contributed by atoms with Crippen LogP contribution in [0.2, 0.25) is 0 Å². The molecule has 2 aromatic rings. The van der Waals surface area contributed by atoms with Gasteiger partial charge in [-0.2, -0.15) is 0 Å². The number of anilines is 1. The molecule has 2 rings (SSSR count). The van der Waals surface area contributed by atoms with Crippen LogP contribution in [0.5, 0.6) is 0 Å². The third-order valence-electron chi connectivity index (χ3n) is 3.77. The van der Waals surface area contributed by atoms with Crippen molar-refractivity contribution >= 4 is 29.3 Å². The first-order chi connectivity index (χ1) is 11.4. The summed E-state index contributed by atoms with van der Waals surface area (Å²) in [6, 6.07) is 13.3. The average molecular weight is 343 g/mol. The van der Waals surface area contributed by atoms with Gasteiger partial charge >= 0.3 is 5.97 Å². The summed E-state index contributed by atoms with van der Waals surface area (Å²) in [5, 5.41) is 11.8. The number of carboxylic acid groups (broad SMARTS) is 1. The zero-order valence-corrected chi connectivity index (χ0v) is 14.8. The standard InChI is InChI=1S/C19H21NO3S/c1-12-9-13(2)17(10-16(12)19(22)23)20-18(21)14(3)24-11-15-7-5-4-6-8-15/h4-10,14H,11H2,1-3H3,(H,20,21)(H,22,23). The SMILES string of the molecule is Cc1cc(C)c(C(=O)O)cc1NC(=O)C(C)SCc1ccccc1. The van der Waals surface area contributed by atoms with Crippen molar-refractivity contribution in [1.82, 2.24) is 0 Å². The van der Waals surface area contributed by atoms with Crippen LogP contribution in [0.25, 0.3) is 0 Å². The predicted molar refractivity (Wildman–Crippen MR) is 98.7 cm³/mol. The first kappa shape index (κ1) is 18.1. The number of carbonyl (C=O) groups excluding carboxylic acids is 1. The Balaban J connectivity index is 2.03. The quantitative estimate of drug-likeness (QED) is 0.822. The summed E-state index contributed by atoms with van der Waals surface area (Å²) in [5.41, 5.74) is 3.47. The highest BCUT2D eigenvalue weighted by Crippen LogP contribution is 2.23. The molecule has 1 atom stereocenters. The van der Waals surface area contributed by atoms with E-state index in [1.165, 1.54) is 11.6 Å². The number of aromatic carboxylic acids is 1. The largest absolute Gasteiger partial charge is 0.478 e. The molecule has 1 amide bonds. The second kappa shape index (κ2) is 8.02. The molecule has 24 heavy (non-hydrogen) atoms. The lowest BCUT2D eigenvalue weighted by atomic mass is 10.0. The van der Waals surface area contributed by atoms with Gasteiger partial charge < -0.3 is 10.4 Å². The Hall–Kier alpha value is -2.27. The Morgan fingerprint density at radius 1 is 1.12 bits per heavy atom. The molecule has 2 N–H and O–H groups in total. The van der Waals surface area contributed by atoms with Crippen LogP contribution >= 0.6 is 11.8 Å². The van der Waals surface area contributed by atoms with Gasteiger partial charge in [-0.05, 0) is 43.5 Å². The third-order valence-corrected chi connectivity index (χ3v) is 4.99. The summed E-state index contributed by atoms with van der Waals surface area (Å²) in [6.07, 6.45) is 0. The van der Waals surface area contributed by atoms with Crippen molar-refractivity contribution < 1.29 is 14.7 Å². The van der Waals surface area contributed by atoms with Crippen LogP contribution < -0.4 is 5.32 Å². The van der Waals surface area contributed by atoms with Crippen molar-refractivity contribution in [3.05, 3.63) is 64.7 Å². The number of aryl methyl sites for hydroxylation is 2. The van der Waals surface area contributed by atoms with Crippen LogP contribution in [-0.4, -0.2) is 22.2 Å².